The van der Waals surface area contributed by atoms with Crippen molar-refractivity contribution < 1.29 is 18.0 Å². The van der Waals surface area contributed by atoms with Gasteiger partial charge in [0.15, 0.2) is 5.96 Å². The second-order valence-corrected chi connectivity index (χ2v) is 5.86. The van der Waals surface area contributed by atoms with Gasteiger partial charge in [0.05, 0.1) is 13.1 Å². The van der Waals surface area contributed by atoms with Crippen molar-refractivity contribution >= 4 is 35.8 Å². The van der Waals surface area contributed by atoms with Crippen LogP contribution in [0.15, 0.2) is 4.99 Å². The molecule has 0 atom stereocenters. The molecule has 0 aromatic heterocycles. The fraction of sp³-hybridized carbons (Fsp3) is 0.875. The second-order valence-electron chi connectivity index (χ2n) is 5.86. The minimum absolute atomic E-state index is 0. The molecule has 0 aromatic carbocycles. The van der Waals surface area contributed by atoms with Crippen LogP contribution in [-0.2, 0) is 4.79 Å². The molecule has 6 nitrogen and oxygen atoms in total. The molecule has 0 fully saturated rings. The third kappa shape index (κ3) is 12.6. The van der Waals surface area contributed by atoms with E-state index in [4.69, 9.17) is 0 Å². The van der Waals surface area contributed by atoms with E-state index >= 15 is 0 Å². The fourth-order valence-corrected chi connectivity index (χ4v) is 2.33. The predicted molar refractivity (Wildman–Crippen MR) is 110 cm³/mol. The van der Waals surface area contributed by atoms with Crippen molar-refractivity contribution in [1.82, 2.24) is 20.0 Å². The fourth-order valence-electron chi connectivity index (χ4n) is 2.33. The highest BCUT2D eigenvalue weighted by Gasteiger charge is 2.28. The zero-order valence-electron chi connectivity index (χ0n) is 16.4. The first-order valence-corrected chi connectivity index (χ1v) is 8.67. The lowest BCUT2D eigenvalue weighted by atomic mass is 10.4. The van der Waals surface area contributed by atoms with Gasteiger partial charge in [0, 0.05) is 33.2 Å². The van der Waals surface area contributed by atoms with Crippen molar-refractivity contribution in [2.45, 2.75) is 33.4 Å². The van der Waals surface area contributed by atoms with Crippen molar-refractivity contribution in [2.24, 2.45) is 4.99 Å². The Hall–Kier alpha value is -0.780. The third-order valence-corrected chi connectivity index (χ3v) is 3.59. The maximum Gasteiger partial charge on any atom is 0.401 e. The minimum atomic E-state index is -4.18. The molecule has 0 aromatic rings. The number of aliphatic imine (C=N–C) groups is 1. The topological polar surface area (TPSA) is 51.2 Å². The van der Waals surface area contributed by atoms with E-state index in [1.54, 1.807) is 16.8 Å². The Morgan fingerprint density at radius 3 is 2.15 bits per heavy atom. The monoisotopic (exact) mass is 495 g/mol. The molecular weight excluding hydrogens is 462 g/mol. The van der Waals surface area contributed by atoms with E-state index in [0.717, 1.165) is 0 Å². The van der Waals surface area contributed by atoms with Gasteiger partial charge < -0.3 is 15.1 Å². The first kappa shape index (κ1) is 27.4. The number of nitrogens with one attached hydrogen (secondary N) is 1. The molecule has 0 radical (unpaired) electrons. The van der Waals surface area contributed by atoms with Crippen molar-refractivity contribution in [3.63, 3.8) is 0 Å². The first-order valence-electron chi connectivity index (χ1n) is 8.67. The van der Waals surface area contributed by atoms with Gasteiger partial charge in [0.1, 0.15) is 0 Å². The van der Waals surface area contributed by atoms with Crippen LogP contribution in [-0.4, -0.2) is 92.7 Å². The average molecular weight is 495 g/mol. The van der Waals surface area contributed by atoms with Crippen molar-refractivity contribution in [3.8, 4) is 0 Å². The van der Waals surface area contributed by atoms with Crippen LogP contribution in [0.25, 0.3) is 0 Å². The van der Waals surface area contributed by atoms with Crippen LogP contribution in [0.3, 0.4) is 0 Å². The molecule has 0 spiro atoms. The lowest BCUT2D eigenvalue weighted by molar-refractivity contribution is -0.143. The van der Waals surface area contributed by atoms with Gasteiger partial charge in [-0.05, 0) is 40.8 Å². The summed E-state index contributed by atoms with van der Waals surface area (Å²) in [5, 5.41) is 3.10. The van der Waals surface area contributed by atoms with E-state index in [-0.39, 0.29) is 36.4 Å². The molecule has 0 rings (SSSR count). The Balaban J connectivity index is 0. The number of rotatable bonds is 10. The summed E-state index contributed by atoms with van der Waals surface area (Å²) < 4.78 is 36.8. The molecular formula is C16H33F3IN5O. The van der Waals surface area contributed by atoms with E-state index in [9.17, 15) is 18.0 Å². The number of hydrogen-bond acceptors (Lipinski definition) is 3. The number of likely N-dealkylation sites (N-methyl/N-ethyl adjacent to an activating group) is 2. The number of nitrogens with zero attached hydrogens (tertiary/aromatic N) is 4. The Bertz CT molecular complexity index is 417. The van der Waals surface area contributed by atoms with Gasteiger partial charge in [0.25, 0.3) is 0 Å². The predicted octanol–water partition coefficient (Wildman–Crippen LogP) is 2.25. The van der Waals surface area contributed by atoms with Crippen molar-refractivity contribution in [3.05, 3.63) is 0 Å². The number of halogens is 4. The van der Waals surface area contributed by atoms with Gasteiger partial charge in [0.2, 0.25) is 5.91 Å². The molecule has 1 amide bonds. The Morgan fingerprint density at radius 1 is 1.12 bits per heavy atom. The number of carbonyl (C=O) groups excluding carboxylic acids is 1. The first-order chi connectivity index (χ1) is 11.6. The van der Waals surface area contributed by atoms with Crippen LogP contribution in [0.2, 0.25) is 0 Å². The van der Waals surface area contributed by atoms with Gasteiger partial charge in [-0.2, -0.15) is 13.2 Å². The van der Waals surface area contributed by atoms with Gasteiger partial charge in [-0.3, -0.25) is 14.7 Å². The van der Waals surface area contributed by atoms with Gasteiger partial charge in [-0.15, -0.1) is 24.0 Å². The molecule has 156 valence electrons. The summed E-state index contributed by atoms with van der Waals surface area (Å²) in [6.07, 6.45) is -3.67. The SMILES string of the molecule is CCNC(=NCCCN(C)CC(F)(F)F)N(C)CC(=O)N(CC)CC.I. The van der Waals surface area contributed by atoms with Crippen LogP contribution < -0.4 is 5.32 Å². The summed E-state index contributed by atoms with van der Waals surface area (Å²) in [6, 6.07) is 0. The van der Waals surface area contributed by atoms with E-state index < -0.39 is 12.7 Å². The molecule has 10 heteroatoms. The van der Waals surface area contributed by atoms with Crippen LogP contribution in [0.4, 0.5) is 13.2 Å². The van der Waals surface area contributed by atoms with Gasteiger partial charge in [-0.25, -0.2) is 0 Å². The second kappa shape index (κ2) is 14.3. The van der Waals surface area contributed by atoms with E-state index in [2.05, 4.69) is 10.3 Å². The summed E-state index contributed by atoms with van der Waals surface area (Å²) in [5.74, 6) is 0.601. The molecule has 0 bridgehead atoms. The van der Waals surface area contributed by atoms with E-state index in [1.165, 1.54) is 11.9 Å². The molecule has 0 heterocycles. The largest absolute Gasteiger partial charge is 0.401 e. The van der Waals surface area contributed by atoms with E-state index in [1.807, 2.05) is 20.8 Å². The van der Waals surface area contributed by atoms with Gasteiger partial charge >= 0.3 is 6.18 Å². The summed E-state index contributed by atoms with van der Waals surface area (Å²) in [7, 11) is 3.22. The molecule has 0 aliphatic heterocycles. The maximum atomic E-state index is 12.3. The standard InChI is InChI=1S/C16H32F3N5O.HI/c1-6-20-15(23(5)12-14(25)24(7-2)8-3)21-10-9-11-22(4)13-16(17,18)19;/h6-13H2,1-5H3,(H,20,21);1H. The van der Waals surface area contributed by atoms with Crippen LogP contribution in [0.5, 0.6) is 0 Å². The molecule has 26 heavy (non-hydrogen) atoms. The normalized spacial score (nSPS) is 12.0. The van der Waals surface area contributed by atoms with Crippen molar-refractivity contribution in [2.75, 3.05) is 59.9 Å². The molecule has 0 unspecified atom stereocenters. The zero-order chi connectivity index (χ0) is 19.5. The number of carbonyl (C=O) groups is 1. The Labute approximate surface area is 172 Å². The quantitative estimate of drug-likeness (QED) is 0.219. The maximum absolute atomic E-state index is 12.3. The Morgan fingerprint density at radius 2 is 1.69 bits per heavy atom. The highest BCUT2D eigenvalue weighted by atomic mass is 127. The molecule has 0 saturated heterocycles. The summed E-state index contributed by atoms with van der Waals surface area (Å²) in [6.45, 7) is 7.74. The summed E-state index contributed by atoms with van der Waals surface area (Å²) in [4.78, 5) is 21.3. The Kier molecular flexibility index (Phi) is 15.1. The summed E-state index contributed by atoms with van der Waals surface area (Å²) >= 11 is 0. The van der Waals surface area contributed by atoms with Gasteiger partial charge in [-0.1, -0.05) is 0 Å². The number of hydrogen-bond donors (Lipinski definition) is 1. The molecule has 0 saturated carbocycles. The zero-order valence-corrected chi connectivity index (χ0v) is 18.7. The average Bonchev–Trinajstić information content (AvgIpc) is 2.49. The molecule has 1 N–H and O–H groups in total. The lowest BCUT2D eigenvalue weighted by Gasteiger charge is -2.25. The molecule has 0 aliphatic rings. The summed E-state index contributed by atoms with van der Waals surface area (Å²) in [5.41, 5.74) is 0. The van der Waals surface area contributed by atoms with Crippen LogP contribution in [0.1, 0.15) is 27.2 Å². The van der Waals surface area contributed by atoms with E-state index in [0.29, 0.717) is 45.1 Å². The third-order valence-electron chi connectivity index (χ3n) is 3.59. The highest BCUT2D eigenvalue weighted by Crippen LogP contribution is 2.15. The van der Waals surface area contributed by atoms with Crippen LogP contribution >= 0.6 is 24.0 Å². The number of guanidine groups is 1. The number of amides is 1. The smallest absolute Gasteiger partial charge is 0.357 e. The van der Waals surface area contributed by atoms with Crippen LogP contribution in [0, 0.1) is 0 Å². The number of alkyl halides is 3. The minimum Gasteiger partial charge on any atom is -0.357 e. The van der Waals surface area contributed by atoms with Crippen molar-refractivity contribution in [1.29, 1.82) is 0 Å². The lowest BCUT2D eigenvalue weighted by Crippen LogP contribution is -2.45. The highest BCUT2D eigenvalue weighted by molar-refractivity contribution is 14.0. The molecule has 0 aliphatic carbocycles.